The van der Waals surface area contributed by atoms with E-state index in [4.69, 9.17) is 4.74 Å². The van der Waals surface area contributed by atoms with E-state index in [2.05, 4.69) is 4.90 Å². The van der Waals surface area contributed by atoms with Crippen LogP contribution in [0.15, 0.2) is 48.5 Å². The van der Waals surface area contributed by atoms with Crippen molar-refractivity contribution < 1.29 is 18.7 Å². The van der Waals surface area contributed by atoms with Gasteiger partial charge in [-0.2, -0.15) is 0 Å². The van der Waals surface area contributed by atoms with E-state index in [0.29, 0.717) is 24.1 Å². The summed E-state index contributed by atoms with van der Waals surface area (Å²) < 4.78 is 18.8. The van der Waals surface area contributed by atoms with Crippen LogP contribution in [-0.2, 0) is 10.3 Å². The number of likely N-dealkylation sites (tertiary alicyclic amines) is 1. The zero-order valence-electron chi connectivity index (χ0n) is 15.1. The minimum absolute atomic E-state index is 0.0272. The summed E-state index contributed by atoms with van der Waals surface area (Å²) in [4.78, 5) is 26.7. The molecule has 0 amide bonds. The first kappa shape index (κ1) is 17.9. The van der Waals surface area contributed by atoms with Crippen LogP contribution in [0.2, 0.25) is 0 Å². The van der Waals surface area contributed by atoms with Crippen LogP contribution in [0.4, 0.5) is 4.39 Å². The Morgan fingerprint density at radius 1 is 1.15 bits per heavy atom. The molecule has 0 radical (unpaired) electrons. The number of hydrogen-bond donors (Lipinski definition) is 0. The number of nitrogens with zero attached hydrogens (tertiary/aromatic N) is 1. The number of Topliss-reactive ketones (excluding diaryl/α,β-unsaturated/α-hetero) is 1. The molecule has 0 aromatic heterocycles. The van der Waals surface area contributed by atoms with Gasteiger partial charge in [0.1, 0.15) is 5.82 Å². The Morgan fingerprint density at radius 3 is 2.74 bits per heavy atom. The average molecular weight is 367 g/mol. The second kappa shape index (κ2) is 7.24. The standard InChI is InChI=1S/C22H22FNO3/c23-17-10-8-16(9-11-17)20(25)7-3-13-24-14-4-12-22(15-24)19-6-2-1-5-18(19)21(26)27-22/h1-2,5-6,8-11H,3-4,7,12-15H2. The van der Waals surface area contributed by atoms with E-state index in [1.165, 1.54) is 24.3 Å². The summed E-state index contributed by atoms with van der Waals surface area (Å²) in [6.45, 7) is 2.38. The predicted molar refractivity (Wildman–Crippen MR) is 99.2 cm³/mol. The number of ether oxygens (including phenoxy) is 1. The average Bonchev–Trinajstić information content (AvgIpc) is 2.94. The number of piperidine rings is 1. The molecule has 0 saturated carbocycles. The summed E-state index contributed by atoms with van der Waals surface area (Å²) in [7, 11) is 0. The van der Waals surface area contributed by atoms with Crippen molar-refractivity contribution in [3.05, 3.63) is 71.0 Å². The van der Waals surface area contributed by atoms with E-state index in [1.54, 1.807) is 0 Å². The highest BCUT2D eigenvalue weighted by Gasteiger charge is 2.47. The summed E-state index contributed by atoms with van der Waals surface area (Å²) >= 11 is 0. The second-order valence-corrected chi connectivity index (χ2v) is 7.34. The molecule has 1 unspecified atom stereocenters. The third kappa shape index (κ3) is 3.52. The zero-order chi connectivity index (χ0) is 18.9. The van der Waals surface area contributed by atoms with Crippen molar-refractivity contribution in [3.8, 4) is 0 Å². The van der Waals surface area contributed by atoms with Gasteiger partial charge in [0, 0.05) is 24.1 Å². The third-order valence-corrected chi connectivity index (χ3v) is 5.50. The first-order valence-corrected chi connectivity index (χ1v) is 9.41. The lowest BCUT2D eigenvalue weighted by molar-refractivity contribution is -0.0496. The number of rotatable bonds is 5. The maximum absolute atomic E-state index is 13.0. The van der Waals surface area contributed by atoms with Crippen LogP contribution in [0.3, 0.4) is 0 Å². The van der Waals surface area contributed by atoms with Crippen molar-refractivity contribution >= 4 is 11.8 Å². The molecule has 2 aromatic rings. The van der Waals surface area contributed by atoms with Crippen molar-refractivity contribution in [2.75, 3.05) is 19.6 Å². The number of halogens is 1. The molecule has 1 atom stereocenters. The van der Waals surface area contributed by atoms with Gasteiger partial charge in [-0.15, -0.1) is 0 Å². The van der Waals surface area contributed by atoms with Gasteiger partial charge < -0.3 is 4.74 Å². The van der Waals surface area contributed by atoms with E-state index in [9.17, 15) is 14.0 Å². The SMILES string of the molecule is O=C(CCCN1CCCC2(C1)OC(=O)c1ccccc12)c1ccc(F)cc1. The van der Waals surface area contributed by atoms with Crippen LogP contribution >= 0.6 is 0 Å². The van der Waals surface area contributed by atoms with Gasteiger partial charge in [-0.1, -0.05) is 18.2 Å². The lowest BCUT2D eigenvalue weighted by Gasteiger charge is -2.39. The van der Waals surface area contributed by atoms with Gasteiger partial charge in [-0.3, -0.25) is 9.69 Å². The van der Waals surface area contributed by atoms with Gasteiger partial charge in [0.25, 0.3) is 0 Å². The van der Waals surface area contributed by atoms with Gasteiger partial charge in [-0.25, -0.2) is 9.18 Å². The number of carbonyl (C=O) groups is 2. The molecule has 140 valence electrons. The van der Waals surface area contributed by atoms with Gasteiger partial charge in [0.05, 0.1) is 5.56 Å². The van der Waals surface area contributed by atoms with Crippen LogP contribution in [0.5, 0.6) is 0 Å². The topological polar surface area (TPSA) is 46.6 Å². The molecule has 1 fully saturated rings. The third-order valence-electron chi connectivity index (χ3n) is 5.50. The summed E-state index contributed by atoms with van der Waals surface area (Å²) in [6, 6.07) is 13.3. The lowest BCUT2D eigenvalue weighted by atomic mass is 9.85. The maximum atomic E-state index is 13.0. The highest BCUT2D eigenvalue weighted by Crippen LogP contribution is 2.42. The predicted octanol–water partition coefficient (Wildman–Crippen LogP) is 3.95. The molecule has 0 N–H and O–H groups in total. The second-order valence-electron chi connectivity index (χ2n) is 7.34. The quantitative estimate of drug-likeness (QED) is 0.593. The van der Waals surface area contributed by atoms with Crippen LogP contribution in [0.25, 0.3) is 0 Å². The van der Waals surface area contributed by atoms with Crippen molar-refractivity contribution in [1.82, 2.24) is 4.90 Å². The van der Waals surface area contributed by atoms with E-state index in [-0.39, 0.29) is 17.6 Å². The number of fused-ring (bicyclic) bond motifs is 2. The number of benzene rings is 2. The highest BCUT2D eigenvalue weighted by molar-refractivity contribution is 5.96. The van der Waals surface area contributed by atoms with Crippen LogP contribution in [-0.4, -0.2) is 36.3 Å². The van der Waals surface area contributed by atoms with E-state index >= 15 is 0 Å². The van der Waals surface area contributed by atoms with Crippen LogP contribution < -0.4 is 0 Å². The van der Waals surface area contributed by atoms with E-state index in [0.717, 1.165) is 37.9 Å². The number of hydrogen-bond acceptors (Lipinski definition) is 4. The Morgan fingerprint density at radius 2 is 1.93 bits per heavy atom. The van der Waals surface area contributed by atoms with Crippen molar-refractivity contribution in [3.63, 3.8) is 0 Å². The molecule has 1 spiro atoms. The molecule has 0 bridgehead atoms. The Hall–Kier alpha value is -2.53. The lowest BCUT2D eigenvalue weighted by Crippen LogP contribution is -2.46. The van der Waals surface area contributed by atoms with Crippen LogP contribution in [0, 0.1) is 5.82 Å². The molecule has 4 rings (SSSR count). The van der Waals surface area contributed by atoms with E-state index in [1.807, 2.05) is 24.3 Å². The Kier molecular flexibility index (Phi) is 4.79. The minimum Gasteiger partial charge on any atom is -0.449 e. The molecule has 1 saturated heterocycles. The molecule has 2 heterocycles. The summed E-state index contributed by atoms with van der Waals surface area (Å²) in [6.07, 6.45) is 2.93. The summed E-state index contributed by atoms with van der Waals surface area (Å²) in [5.74, 6) is -0.546. The number of esters is 1. The Bertz CT molecular complexity index is 864. The highest BCUT2D eigenvalue weighted by atomic mass is 19.1. The molecular weight excluding hydrogens is 345 g/mol. The summed E-state index contributed by atoms with van der Waals surface area (Å²) in [5, 5.41) is 0. The molecule has 4 nitrogen and oxygen atoms in total. The molecule has 27 heavy (non-hydrogen) atoms. The first-order chi connectivity index (χ1) is 13.1. The fourth-order valence-electron chi connectivity index (χ4n) is 4.19. The van der Waals surface area contributed by atoms with Crippen molar-refractivity contribution in [1.29, 1.82) is 0 Å². The molecule has 2 aromatic carbocycles. The monoisotopic (exact) mass is 367 g/mol. The Labute approximate surface area is 157 Å². The van der Waals surface area contributed by atoms with Crippen molar-refractivity contribution in [2.45, 2.75) is 31.3 Å². The van der Waals surface area contributed by atoms with Crippen molar-refractivity contribution in [2.24, 2.45) is 0 Å². The molecular formula is C22H22FNO3. The Balaban J connectivity index is 1.36. The minimum atomic E-state index is -0.549. The van der Waals surface area contributed by atoms with Gasteiger partial charge >= 0.3 is 5.97 Å². The van der Waals surface area contributed by atoms with E-state index < -0.39 is 5.60 Å². The number of ketones is 1. The smallest absolute Gasteiger partial charge is 0.339 e. The van der Waals surface area contributed by atoms with Crippen LogP contribution in [0.1, 0.15) is 52.0 Å². The normalized spacial score (nSPS) is 21.9. The molecule has 2 aliphatic heterocycles. The maximum Gasteiger partial charge on any atom is 0.339 e. The summed E-state index contributed by atoms with van der Waals surface area (Å²) in [5.41, 5.74) is 1.66. The van der Waals surface area contributed by atoms with Gasteiger partial charge in [-0.05, 0) is 62.7 Å². The fourth-order valence-corrected chi connectivity index (χ4v) is 4.19. The largest absolute Gasteiger partial charge is 0.449 e. The zero-order valence-corrected chi connectivity index (χ0v) is 15.1. The van der Waals surface area contributed by atoms with Gasteiger partial charge in [0.2, 0.25) is 0 Å². The van der Waals surface area contributed by atoms with Gasteiger partial charge in [0.15, 0.2) is 11.4 Å². The molecule has 2 aliphatic rings. The molecule has 5 heteroatoms. The first-order valence-electron chi connectivity index (χ1n) is 9.41. The fraction of sp³-hybridized carbons (Fsp3) is 0.364. The number of carbonyl (C=O) groups excluding carboxylic acids is 2. The molecule has 0 aliphatic carbocycles.